The van der Waals surface area contributed by atoms with Gasteiger partial charge in [0.1, 0.15) is 15.8 Å². The van der Waals surface area contributed by atoms with Crippen LogP contribution in [0, 0.1) is 0 Å². The van der Waals surface area contributed by atoms with E-state index in [1.54, 1.807) is 18.4 Å². The van der Waals surface area contributed by atoms with Crippen molar-refractivity contribution in [2.75, 3.05) is 19.3 Å². The number of hydrogen-bond acceptors (Lipinski definition) is 7. The summed E-state index contributed by atoms with van der Waals surface area (Å²) in [4.78, 5) is 12.1. The minimum absolute atomic E-state index is 0.0106. The van der Waals surface area contributed by atoms with Gasteiger partial charge in [0.05, 0.1) is 24.4 Å². The smallest absolute Gasteiger partial charge is 0.234 e. The fraction of sp³-hybridized carbons (Fsp3) is 0.375. The van der Waals surface area contributed by atoms with Gasteiger partial charge in [0.15, 0.2) is 0 Å². The lowest BCUT2D eigenvalue weighted by molar-refractivity contribution is -0.121. The fourth-order valence-corrected chi connectivity index (χ4v) is 4.99. The highest BCUT2D eigenvalue weighted by molar-refractivity contribution is 7.17. The van der Waals surface area contributed by atoms with Crippen molar-refractivity contribution in [1.29, 1.82) is 0 Å². The molecular formula is C24H29N5O2S. The molecule has 4 rings (SSSR count). The number of ether oxygens (including phenoxy) is 1. The van der Waals surface area contributed by atoms with Crippen molar-refractivity contribution in [3.05, 3.63) is 47.5 Å². The second-order valence-corrected chi connectivity index (χ2v) is 9.23. The second-order valence-electron chi connectivity index (χ2n) is 8.25. The molecule has 1 aromatic heterocycles. The molecule has 3 aromatic rings. The Morgan fingerprint density at radius 1 is 1.25 bits per heavy atom. The molecule has 0 unspecified atom stereocenters. The van der Waals surface area contributed by atoms with Crippen LogP contribution in [-0.2, 0) is 11.2 Å². The van der Waals surface area contributed by atoms with E-state index in [-0.39, 0.29) is 18.1 Å². The number of benzene rings is 2. The molecular weight excluding hydrogens is 422 g/mol. The first kappa shape index (κ1) is 22.2. The number of carbonyl (C=O) groups excluding carboxylic acids is 1. The number of nitrogens with two attached hydrogens (primary N) is 1. The Hall–Kier alpha value is -2.97. The molecule has 2 aromatic carbocycles. The normalized spacial score (nSPS) is 15.4. The topological polar surface area (TPSA) is 102 Å². The Morgan fingerprint density at radius 2 is 2.06 bits per heavy atom. The van der Waals surface area contributed by atoms with Gasteiger partial charge in [0.25, 0.3) is 0 Å². The van der Waals surface area contributed by atoms with Gasteiger partial charge in [-0.2, -0.15) is 0 Å². The van der Waals surface area contributed by atoms with Crippen molar-refractivity contribution in [2.24, 2.45) is 0 Å². The number of fused-ring (bicyclic) bond motifs is 1. The highest BCUT2D eigenvalue weighted by atomic mass is 32.1. The highest BCUT2D eigenvalue weighted by Crippen LogP contribution is 2.39. The predicted molar refractivity (Wildman–Crippen MR) is 129 cm³/mol. The standard InChI is InChI=1S/C24H29N5O2S/c1-14(2)31-21-11-10-15(12-19(21)25)23-28-29-24(32-23)18-8-4-7-17-16(18)6-5-9-20(17)27-22(30)13-26-3/h4,7-8,10-12,14,20,26H,5-6,9,13,25H2,1-3H3,(H,27,30)/t20-/m1/s1. The Morgan fingerprint density at radius 3 is 2.81 bits per heavy atom. The second kappa shape index (κ2) is 9.67. The molecule has 7 nitrogen and oxygen atoms in total. The summed E-state index contributed by atoms with van der Waals surface area (Å²) in [5.74, 6) is 0.688. The molecule has 0 aliphatic heterocycles. The van der Waals surface area contributed by atoms with Crippen LogP contribution in [0.1, 0.15) is 43.9 Å². The van der Waals surface area contributed by atoms with Gasteiger partial charge >= 0.3 is 0 Å². The van der Waals surface area contributed by atoms with Crippen LogP contribution in [-0.4, -0.2) is 35.8 Å². The average molecular weight is 452 g/mol. The van der Waals surface area contributed by atoms with E-state index in [1.807, 2.05) is 38.1 Å². The zero-order valence-corrected chi connectivity index (χ0v) is 19.5. The van der Waals surface area contributed by atoms with Crippen LogP contribution in [0.3, 0.4) is 0 Å². The lowest BCUT2D eigenvalue weighted by Crippen LogP contribution is -2.36. The minimum atomic E-state index is 0.0106. The summed E-state index contributed by atoms with van der Waals surface area (Å²) in [6.07, 6.45) is 2.99. The van der Waals surface area contributed by atoms with Crippen LogP contribution >= 0.6 is 11.3 Å². The summed E-state index contributed by atoms with van der Waals surface area (Å²) in [5.41, 5.74) is 11.2. The van der Waals surface area contributed by atoms with Crippen LogP contribution in [0.5, 0.6) is 5.75 Å². The Balaban J connectivity index is 1.61. The third-order valence-electron chi connectivity index (χ3n) is 5.45. The summed E-state index contributed by atoms with van der Waals surface area (Å²) in [6.45, 7) is 4.26. The number of nitrogen functional groups attached to an aromatic ring is 1. The van der Waals surface area contributed by atoms with Crippen molar-refractivity contribution < 1.29 is 9.53 Å². The van der Waals surface area contributed by atoms with Crippen molar-refractivity contribution in [1.82, 2.24) is 20.8 Å². The third-order valence-corrected chi connectivity index (χ3v) is 6.46. The molecule has 0 saturated carbocycles. The first-order valence-electron chi connectivity index (χ1n) is 10.9. The Labute approximate surface area is 192 Å². The van der Waals surface area contributed by atoms with Crippen LogP contribution in [0.2, 0.25) is 0 Å². The van der Waals surface area contributed by atoms with Gasteiger partial charge in [0.2, 0.25) is 5.91 Å². The van der Waals surface area contributed by atoms with E-state index in [1.165, 1.54) is 11.1 Å². The molecule has 0 saturated heterocycles. The van der Waals surface area contributed by atoms with Crippen LogP contribution in [0.25, 0.3) is 21.1 Å². The molecule has 4 N–H and O–H groups in total. The van der Waals surface area contributed by atoms with Gasteiger partial charge in [-0.15, -0.1) is 10.2 Å². The number of aromatic nitrogens is 2. The first-order chi connectivity index (χ1) is 15.5. The maximum absolute atomic E-state index is 12.1. The van der Waals surface area contributed by atoms with Gasteiger partial charge in [-0.05, 0) is 69.5 Å². The van der Waals surface area contributed by atoms with Gasteiger partial charge in [-0.3, -0.25) is 4.79 Å². The van der Waals surface area contributed by atoms with E-state index >= 15 is 0 Å². The average Bonchev–Trinajstić information content (AvgIpc) is 3.25. The zero-order chi connectivity index (χ0) is 22.7. The number of carbonyl (C=O) groups is 1. The monoisotopic (exact) mass is 451 g/mol. The maximum Gasteiger partial charge on any atom is 0.234 e. The van der Waals surface area contributed by atoms with Gasteiger partial charge in [-0.1, -0.05) is 29.5 Å². The fourth-order valence-electron chi connectivity index (χ4n) is 4.10. The summed E-state index contributed by atoms with van der Waals surface area (Å²) < 4.78 is 5.73. The van der Waals surface area contributed by atoms with Crippen molar-refractivity contribution >= 4 is 22.9 Å². The van der Waals surface area contributed by atoms with Crippen LogP contribution < -0.4 is 21.1 Å². The molecule has 1 amide bonds. The molecule has 1 heterocycles. The maximum atomic E-state index is 12.1. The molecule has 168 valence electrons. The number of nitrogens with one attached hydrogen (secondary N) is 2. The Kier molecular flexibility index (Phi) is 6.72. The molecule has 0 radical (unpaired) electrons. The molecule has 1 aliphatic rings. The number of nitrogens with zero attached hydrogens (tertiary/aromatic N) is 2. The molecule has 1 aliphatic carbocycles. The number of amides is 1. The van der Waals surface area contributed by atoms with E-state index in [0.717, 1.165) is 40.4 Å². The highest BCUT2D eigenvalue weighted by Gasteiger charge is 2.25. The SMILES string of the molecule is CNCC(=O)N[C@@H]1CCCc2c(-c3nnc(-c4ccc(OC(C)C)c(N)c4)s3)cccc21. The molecule has 32 heavy (non-hydrogen) atoms. The van der Waals surface area contributed by atoms with E-state index in [4.69, 9.17) is 10.5 Å². The largest absolute Gasteiger partial charge is 0.489 e. The van der Waals surface area contributed by atoms with Crippen molar-refractivity contribution in [2.45, 2.75) is 45.3 Å². The summed E-state index contributed by atoms with van der Waals surface area (Å²) in [5, 5.41) is 16.7. The number of hydrogen-bond donors (Lipinski definition) is 3. The van der Waals surface area contributed by atoms with E-state index < -0.39 is 0 Å². The molecule has 0 bridgehead atoms. The van der Waals surface area contributed by atoms with Crippen LogP contribution in [0.4, 0.5) is 5.69 Å². The lowest BCUT2D eigenvalue weighted by Gasteiger charge is -2.27. The van der Waals surface area contributed by atoms with E-state index in [0.29, 0.717) is 18.0 Å². The molecule has 0 spiro atoms. The van der Waals surface area contributed by atoms with Crippen molar-refractivity contribution in [3.63, 3.8) is 0 Å². The molecule has 8 heteroatoms. The van der Waals surface area contributed by atoms with Gasteiger partial charge in [-0.25, -0.2) is 0 Å². The number of anilines is 1. The lowest BCUT2D eigenvalue weighted by atomic mass is 9.85. The quantitative estimate of drug-likeness (QED) is 0.470. The predicted octanol–water partition coefficient (Wildman–Crippen LogP) is 3.95. The Bertz CT molecular complexity index is 1110. The summed E-state index contributed by atoms with van der Waals surface area (Å²) in [6, 6.07) is 12.0. The first-order valence-corrected chi connectivity index (χ1v) is 11.7. The number of likely N-dealkylation sites (N-methyl/N-ethyl adjacent to an activating group) is 1. The minimum Gasteiger partial charge on any atom is -0.489 e. The summed E-state index contributed by atoms with van der Waals surface area (Å²) in [7, 11) is 1.78. The number of rotatable bonds is 7. The van der Waals surface area contributed by atoms with Gasteiger partial charge < -0.3 is 21.1 Å². The summed E-state index contributed by atoms with van der Waals surface area (Å²) >= 11 is 1.55. The molecule has 1 atom stereocenters. The zero-order valence-electron chi connectivity index (χ0n) is 18.6. The van der Waals surface area contributed by atoms with Crippen molar-refractivity contribution in [3.8, 4) is 26.9 Å². The molecule has 0 fully saturated rings. The van der Waals surface area contributed by atoms with Gasteiger partial charge in [0, 0.05) is 11.1 Å². The third kappa shape index (κ3) is 4.76. The van der Waals surface area contributed by atoms with E-state index in [9.17, 15) is 4.79 Å². The van der Waals surface area contributed by atoms with E-state index in [2.05, 4.69) is 33.0 Å². The van der Waals surface area contributed by atoms with Crippen LogP contribution in [0.15, 0.2) is 36.4 Å².